The second kappa shape index (κ2) is 6.75. The molecule has 1 fully saturated rings. The Bertz CT molecular complexity index is 374. The van der Waals surface area contributed by atoms with Crippen molar-refractivity contribution in [3.05, 3.63) is 0 Å². The van der Waals surface area contributed by atoms with Gasteiger partial charge in [-0.05, 0) is 47.0 Å². The van der Waals surface area contributed by atoms with Gasteiger partial charge in [-0.1, -0.05) is 6.92 Å². The molecule has 4 N–H and O–H groups in total. The van der Waals surface area contributed by atoms with Crippen molar-refractivity contribution in [2.24, 2.45) is 0 Å². The zero-order valence-corrected chi connectivity index (χ0v) is 13.7. The van der Waals surface area contributed by atoms with Crippen LogP contribution in [0.25, 0.3) is 0 Å². The van der Waals surface area contributed by atoms with E-state index in [1.54, 1.807) is 0 Å². The van der Waals surface area contributed by atoms with Crippen LogP contribution in [0.4, 0.5) is 0 Å². The molecule has 6 heteroatoms. The van der Waals surface area contributed by atoms with Crippen LogP contribution < -0.4 is 16.0 Å². The lowest BCUT2D eigenvalue weighted by atomic mass is 9.79. The highest BCUT2D eigenvalue weighted by Crippen LogP contribution is 2.28. The summed E-state index contributed by atoms with van der Waals surface area (Å²) in [6, 6.07) is -0.409. The molecule has 1 saturated heterocycles. The first-order chi connectivity index (χ1) is 9.58. The monoisotopic (exact) mass is 299 g/mol. The number of hydrogen-bond donors (Lipinski definition) is 4. The SMILES string of the molecule is CCC(CO)NC(=O)C(=O)NC1CC(C)(C)NC(C)(C)C1. The third-order valence-electron chi connectivity index (χ3n) is 3.78. The number of carbonyl (C=O) groups is 2. The van der Waals surface area contributed by atoms with Gasteiger partial charge in [-0.3, -0.25) is 9.59 Å². The van der Waals surface area contributed by atoms with Crippen LogP contribution in [0.5, 0.6) is 0 Å². The van der Waals surface area contributed by atoms with Gasteiger partial charge in [-0.25, -0.2) is 0 Å². The average Bonchev–Trinajstić information content (AvgIpc) is 2.31. The lowest BCUT2D eigenvalue weighted by molar-refractivity contribution is -0.140. The minimum Gasteiger partial charge on any atom is -0.394 e. The number of rotatable bonds is 4. The first-order valence-electron chi connectivity index (χ1n) is 7.60. The molecule has 1 unspecified atom stereocenters. The Morgan fingerprint density at radius 1 is 1.19 bits per heavy atom. The molecule has 1 atom stereocenters. The van der Waals surface area contributed by atoms with Crippen LogP contribution in [0.2, 0.25) is 0 Å². The van der Waals surface area contributed by atoms with Gasteiger partial charge in [0.05, 0.1) is 12.6 Å². The second-order valence-electron chi connectivity index (χ2n) is 7.23. The van der Waals surface area contributed by atoms with Crippen LogP contribution in [0, 0.1) is 0 Å². The highest BCUT2D eigenvalue weighted by atomic mass is 16.3. The summed E-state index contributed by atoms with van der Waals surface area (Å²) >= 11 is 0. The van der Waals surface area contributed by atoms with Crippen molar-refractivity contribution in [3.63, 3.8) is 0 Å². The standard InChI is InChI=1S/C15H29N3O3/c1-6-10(9-19)16-12(20)13(21)17-11-7-14(2,3)18-15(4,5)8-11/h10-11,18-19H,6-9H2,1-5H3,(H,16,20)(H,17,21). The molecule has 1 heterocycles. The third kappa shape index (κ3) is 5.63. The molecule has 0 radical (unpaired) electrons. The zero-order valence-electron chi connectivity index (χ0n) is 13.7. The normalized spacial score (nSPS) is 22.4. The van der Waals surface area contributed by atoms with Gasteiger partial charge in [0.25, 0.3) is 0 Å². The third-order valence-corrected chi connectivity index (χ3v) is 3.78. The molecular weight excluding hydrogens is 270 g/mol. The predicted octanol–water partition coefficient (Wildman–Crippen LogP) is 0.299. The predicted molar refractivity (Wildman–Crippen MR) is 81.8 cm³/mol. The molecule has 0 aromatic carbocycles. The number of aliphatic hydroxyl groups is 1. The summed E-state index contributed by atoms with van der Waals surface area (Å²) in [4.78, 5) is 23.8. The molecular formula is C15H29N3O3. The lowest BCUT2D eigenvalue weighted by Crippen LogP contribution is -2.63. The Morgan fingerprint density at radius 3 is 2.14 bits per heavy atom. The number of amides is 2. The Labute approximate surface area is 127 Å². The quantitative estimate of drug-likeness (QED) is 0.562. The second-order valence-corrected chi connectivity index (χ2v) is 7.23. The topological polar surface area (TPSA) is 90.5 Å². The number of hydrogen-bond acceptors (Lipinski definition) is 4. The van der Waals surface area contributed by atoms with Gasteiger partial charge in [-0.2, -0.15) is 0 Å². The van der Waals surface area contributed by atoms with Gasteiger partial charge in [0.2, 0.25) is 0 Å². The minimum atomic E-state index is -0.676. The minimum absolute atomic E-state index is 0.0382. The largest absolute Gasteiger partial charge is 0.394 e. The van der Waals surface area contributed by atoms with Crippen LogP contribution in [-0.2, 0) is 9.59 Å². The fourth-order valence-corrected chi connectivity index (χ4v) is 3.20. The van der Waals surface area contributed by atoms with Crippen LogP contribution in [0.1, 0.15) is 53.9 Å². The summed E-state index contributed by atoms with van der Waals surface area (Å²) in [5.41, 5.74) is -0.180. The lowest BCUT2D eigenvalue weighted by Gasteiger charge is -2.46. The summed E-state index contributed by atoms with van der Waals surface area (Å²) in [6.07, 6.45) is 2.13. The smallest absolute Gasteiger partial charge is 0.309 e. The van der Waals surface area contributed by atoms with Crippen molar-refractivity contribution in [3.8, 4) is 0 Å². The molecule has 1 rings (SSSR count). The van der Waals surface area contributed by atoms with E-state index in [0.717, 1.165) is 12.8 Å². The fraction of sp³-hybridized carbons (Fsp3) is 0.867. The Kier molecular flexibility index (Phi) is 5.75. The van der Waals surface area contributed by atoms with Crippen molar-refractivity contribution in [1.82, 2.24) is 16.0 Å². The van der Waals surface area contributed by atoms with Crippen molar-refractivity contribution in [2.45, 2.75) is 77.0 Å². The molecule has 0 spiro atoms. The molecule has 0 aliphatic carbocycles. The van der Waals surface area contributed by atoms with E-state index < -0.39 is 11.8 Å². The molecule has 0 saturated carbocycles. The van der Waals surface area contributed by atoms with Gasteiger partial charge in [0, 0.05) is 17.1 Å². The summed E-state index contributed by atoms with van der Waals surface area (Å²) in [7, 11) is 0. The maximum absolute atomic E-state index is 12.0. The summed E-state index contributed by atoms with van der Waals surface area (Å²) in [5, 5.41) is 17.9. The maximum atomic E-state index is 12.0. The van der Waals surface area contributed by atoms with E-state index in [2.05, 4.69) is 43.6 Å². The molecule has 1 aliphatic rings. The molecule has 0 bridgehead atoms. The Balaban J connectivity index is 2.59. The first-order valence-corrected chi connectivity index (χ1v) is 7.60. The van der Waals surface area contributed by atoms with Gasteiger partial charge in [0.1, 0.15) is 0 Å². The molecule has 21 heavy (non-hydrogen) atoms. The van der Waals surface area contributed by atoms with Crippen molar-refractivity contribution < 1.29 is 14.7 Å². The number of nitrogens with one attached hydrogen (secondary N) is 3. The first kappa shape index (κ1) is 17.9. The van der Waals surface area contributed by atoms with Crippen molar-refractivity contribution in [1.29, 1.82) is 0 Å². The molecule has 122 valence electrons. The molecule has 0 aromatic rings. The average molecular weight is 299 g/mol. The van der Waals surface area contributed by atoms with Crippen molar-refractivity contribution in [2.75, 3.05) is 6.61 Å². The van der Waals surface area contributed by atoms with E-state index in [1.165, 1.54) is 0 Å². The van der Waals surface area contributed by atoms with E-state index in [9.17, 15) is 9.59 Å². The maximum Gasteiger partial charge on any atom is 0.309 e. The Morgan fingerprint density at radius 2 is 1.71 bits per heavy atom. The van der Waals surface area contributed by atoms with E-state index in [0.29, 0.717) is 6.42 Å². The molecule has 0 aromatic heterocycles. The van der Waals surface area contributed by atoms with Crippen LogP contribution in [0.15, 0.2) is 0 Å². The molecule has 1 aliphatic heterocycles. The molecule has 2 amide bonds. The zero-order chi connectivity index (χ0) is 16.3. The van der Waals surface area contributed by atoms with E-state index >= 15 is 0 Å². The van der Waals surface area contributed by atoms with Crippen LogP contribution >= 0.6 is 0 Å². The fourth-order valence-electron chi connectivity index (χ4n) is 3.20. The van der Waals surface area contributed by atoms with Gasteiger partial charge in [0.15, 0.2) is 0 Å². The highest BCUT2D eigenvalue weighted by Gasteiger charge is 2.38. The van der Waals surface area contributed by atoms with Crippen LogP contribution in [-0.4, -0.2) is 46.7 Å². The molecule has 6 nitrogen and oxygen atoms in total. The van der Waals surface area contributed by atoms with Gasteiger partial charge < -0.3 is 21.1 Å². The highest BCUT2D eigenvalue weighted by molar-refractivity contribution is 6.35. The van der Waals surface area contributed by atoms with E-state index in [4.69, 9.17) is 5.11 Å². The summed E-state index contributed by atoms with van der Waals surface area (Å²) < 4.78 is 0. The summed E-state index contributed by atoms with van der Waals surface area (Å²) in [5.74, 6) is -1.30. The van der Waals surface area contributed by atoms with Crippen LogP contribution in [0.3, 0.4) is 0 Å². The Hall–Kier alpha value is -1.14. The number of carbonyl (C=O) groups excluding carboxylic acids is 2. The van der Waals surface area contributed by atoms with E-state index in [1.807, 2.05) is 6.92 Å². The van der Waals surface area contributed by atoms with Crippen molar-refractivity contribution >= 4 is 11.8 Å². The number of aliphatic hydroxyl groups excluding tert-OH is 1. The number of piperidine rings is 1. The summed E-state index contributed by atoms with van der Waals surface area (Å²) in [6.45, 7) is 10.0. The van der Waals surface area contributed by atoms with E-state index in [-0.39, 0.29) is 29.8 Å². The van der Waals surface area contributed by atoms with Gasteiger partial charge >= 0.3 is 11.8 Å². The van der Waals surface area contributed by atoms with Gasteiger partial charge in [-0.15, -0.1) is 0 Å².